The zero-order chi connectivity index (χ0) is 15.1. The van der Waals surface area contributed by atoms with Crippen molar-refractivity contribution in [2.24, 2.45) is 0 Å². The minimum Gasteiger partial charge on any atom is -0.465 e. The smallest absolute Gasteiger partial charge is 0.340 e. The van der Waals surface area contributed by atoms with E-state index >= 15 is 0 Å². The van der Waals surface area contributed by atoms with Crippen molar-refractivity contribution in [3.8, 4) is 0 Å². The lowest BCUT2D eigenvalue weighted by atomic mass is 10.1. The number of esters is 1. The van der Waals surface area contributed by atoms with Crippen LogP contribution >= 0.6 is 11.6 Å². The summed E-state index contributed by atoms with van der Waals surface area (Å²) < 4.78 is 4.63. The highest BCUT2D eigenvalue weighted by Crippen LogP contribution is 2.32. The van der Waals surface area contributed by atoms with Crippen LogP contribution in [0.3, 0.4) is 0 Å². The molecule has 0 saturated heterocycles. The number of hydrogen-bond acceptors (Lipinski definition) is 5. The predicted octanol–water partition coefficient (Wildman–Crippen LogP) is 3.64. The first-order valence-electron chi connectivity index (χ1n) is 6.31. The summed E-state index contributed by atoms with van der Waals surface area (Å²) >= 11 is 5.81. The third-order valence-corrected chi connectivity index (χ3v) is 2.98. The first-order valence-corrected chi connectivity index (χ1v) is 6.69. The van der Waals surface area contributed by atoms with E-state index in [-0.39, 0.29) is 22.0 Å². The van der Waals surface area contributed by atoms with Gasteiger partial charge in [-0.05, 0) is 12.5 Å². The molecule has 0 radical (unpaired) electrons. The minimum atomic E-state index is -0.659. The maximum atomic E-state index is 11.7. The summed E-state index contributed by atoms with van der Waals surface area (Å²) in [6.07, 6.45) is 2.90. The highest BCUT2D eigenvalue weighted by atomic mass is 35.5. The van der Waals surface area contributed by atoms with Gasteiger partial charge in [-0.1, -0.05) is 31.4 Å². The molecular weight excluding hydrogens is 284 g/mol. The molecule has 1 N–H and O–H groups in total. The molecular formula is C13H17ClN2O4. The van der Waals surface area contributed by atoms with Gasteiger partial charge in [-0.25, -0.2) is 4.79 Å². The molecule has 0 fully saturated rings. The van der Waals surface area contributed by atoms with E-state index in [1.165, 1.54) is 19.2 Å². The fourth-order valence-corrected chi connectivity index (χ4v) is 1.99. The van der Waals surface area contributed by atoms with Crippen molar-refractivity contribution in [3.63, 3.8) is 0 Å². The van der Waals surface area contributed by atoms with Gasteiger partial charge in [-0.3, -0.25) is 10.1 Å². The van der Waals surface area contributed by atoms with Crippen molar-refractivity contribution in [1.29, 1.82) is 0 Å². The number of nitro benzene ring substituents is 1. The number of nitro groups is 1. The molecule has 0 saturated carbocycles. The van der Waals surface area contributed by atoms with Gasteiger partial charge in [0, 0.05) is 17.6 Å². The molecule has 110 valence electrons. The fraction of sp³-hybridized carbons (Fsp3) is 0.462. The lowest BCUT2D eigenvalue weighted by molar-refractivity contribution is -0.384. The molecule has 0 heterocycles. The van der Waals surface area contributed by atoms with Crippen LogP contribution in [0.25, 0.3) is 0 Å². The number of methoxy groups -OCH3 is 1. The molecule has 0 atom stereocenters. The molecule has 1 rings (SSSR count). The number of unbranched alkanes of at least 4 members (excludes halogenated alkanes) is 2. The Kier molecular flexibility index (Phi) is 6.24. The van der Waals surface area contributed by atoms with Crippen molar-refractivity contribution >= 4 is 28.9 Å². The third-order valence-electron chi connectivity index (χ3n) is 2.77. The van der Waals surface area contributed by atoms with Crippen LogP contribution in [0.2, 0.25) is 5.02 Å². The van der Waals surface area contributed by atoms with Crippen LogP contribution in [0.4, 0.5) is 11.4 Å². The zero-order valence-electron chi connectivity index (χ0n) is 11.4. The van der Waals surface area contributed by atoms with Crippen LogP contribution in [0.1, 0.15) is 36.5 Å². The van der Waals surface area contributed by atoms with E-state index in [9.17, 15) is 14.9 Å². The van der Waals surface area contributed by atoms with Gasteiger partial charge >= 0.3 is 5.97 Å². The topological polar surface area (TPSA) is 81.5 Å². The Morgan fingerprint density at radius 2 is 2.15 bits per heavy atom. The summed E-state index contributed by atoms with van der Waals surface area (Å²) in [5.74, 6) is -0.659. The number of benzene rings is 1. The van der Waals surface area contributed by atoms with Gasteiger partial charge in [-0.2, -0.15) is 0 Å². The number of rotatable bonds is 7. The number of nitrogens with zero attached hydrogens (tertiary/aromatic N) is 1. The van der Waals surface area contributed by atoms with Crippen molar-refractivity contribution in [3.05, 3.63) is 32.8 Å². The number of hydrogen-bond donors (Lipinski definition) is 1. The summed E-state index contributed by atoms with van der Waals surface area (Å²) in [7, 11) is 1.22. The quantitative estimate of drug-likeness (QED) is 0.360. The maximum Gasteiger partial charge on any atom is 0.340 e. The van der Waals surface area contributed by atoms with E-state index in [1.807, 2.05) is 0 Å². The molecule has 1 aromatic rings. The number of carbonyl (C=O) groups is 1. The van der Waals surface area contributed by atoms with E-state index in [4.69, 9.17) is 11.6 Å². The van der Waals surface area contributed by atoms with Crippen molar-refractivity contribution < 1.29 is 14.5 Å². The third kappa shape index (κ3) is 4.09. The Morgan fingerprint density at radius 1 is 1.45 bits per heavy atom. The van der Waals surface area contributed by atoms with E-state index in [2.05, 4.69) is 17.0 Å². The lowest BCUT2D eigenvalue weighted by Gasteiger charge is -2.11. The number of carbonyl (C=O) groups excluding carboxylic acids is 1. The first kappa shape index (κ1) is 16.2. The second-order valence-corrected chi connectivity index (χ2v) is 4.67. The molecule has 0 unspecified atom stereocenters. The number of nitrogens with one attached hydrogen (secondary N) is 1. The van der Waals surface area contributed by atoms with Gasteiger partial charge in [0.2, 0.25) is 0 Å². The second kappa shape index (κ2) is 7.69. The van der Waals surface area contributed by atoms with E-state index < -0.39 is 10.9 Å². The average molecular weight is 301 g/mol. The largest absolute Gasteiger partial charge is 0.465 e. The maximum absolute atomic E-state index is 11.7. The molecule has 0 aliphatic rings. The van der Waals surface area contributed by atoms with Crippen molar-refractivity contribution in [2.75, 3.05) is 19.0 Å². The van der Waals surface area contributed by atoms with Gasteiger partial charge < -0.3 is 10.1 Å². The molecule has 0 spiro atoms. The van der Waals surface area contributed by atoms with Gasteiger partial charge in [0.15, 0.2) is 0 Å². The van der Waals surface area contributed by atoms with Crippen molar-refractivity contribution in [2.45, 2.75) is 26.2 Å². The Hall–Kier alpha value is -1.82. The summed E-state index contributed by atoms with van der Waals surface area (Å²) in [5, 5.41) is 14.1. The van der Waals surface area contributed by atoms with Crippen LogP contribution in [0.5, 0.6) is 0 Å². The Morgan fingerprint density at radius 3 is 2.70 bits per heavy atom. The average Bonchev–Trinajstić information content (AvgIpc) is 2.43. The molecule has 0 aliphatic heterocycles. The van der Waals surface area contributed by atoms with Gasteiger partial charge in [0.25, 0.3) is 5.69 Å². The van der Waals surface area contributed by atoms with Crippen LogP contribution < -0.4 is 5.32 Å². The molecule has 0 amide bonds. The van der Waals surface area contributed by atoms with Gasteiger partial charge in [0.1, 0.15) is 5.69 Å². The van der Waals surface area contributed by atoms with Crippen LogP contribution in [-0.2, 0) is 4.74 Å². The fourth-order valence-electron chi connectivity index (χ4n) is 1.78. The Labute approximate surface area is 122 Å². The lowest BCUT2D eigenvalue weighted by Crippen LogP contribution is -2.11. The van der Waals surface area contributed by atoms with Crippen LogP contribution in [-0.4, -0.2) is 24.5 Å². The predicted molar refractivity (Wildman–Crippen MR) is 77.5 cm³/mol. The number of halogens is 1. The molecule has 1 aromatic carbocycles. The Bertz CT molecular complexity index is 505. The normalized spacial score (nSPS) is 10.2. The van der Waals surface area contributed by atoms with E-state index in [0.29, 0.717) is 6.54 Å². The summed E-state index contributed by atoms with van der Waals surface area (Å²) in [6, 6.07) is 2.58. The molecule has 0 aliphatic carbocycles. The standard InChI is InChI=1S/C13H17ClN2O4/c1-3-4-5-6-15-12-10(13(17)20-2)7-9(14)8-11(12)16(18)19/h7-8,15H,3-6H2,1-2H3. The van der Waals surface area contributed by atoms with E-state index in [1.54, 1.807) is 0 Å². The van der Waals surface area contributed by atoms with Gasteiger partial charge in [-0.15, -0.1) is 0 Å². The van der Waals surface area contributed by atoms with Crippen LogP contribution in [0, 0.1) is 10.1 Å². The van der Waals surface area contributed by atoms with Gasteiger partial charge in [0.05, 0.1) is 17.6 Å². The highest BCUT2D eigenvalue weighted by Gasteiger charge is 2.23. The first-order chi connectivity index (χ1) is 9.51. The number of anilines is 1. The summed E-state index contributed by atoms with van der Waals surface area (Å²) in [6.45, 7) is 2.60. The summed E-state index contributed by atoms with van der Waals surface area (Å²) in [5.41, 5.74) is -0.0000463. The zero-order valence-corrected chi connectivity index (χ0v) is 12.2. The number of ether oxygens (including phenoxy) is 1. The van der Waals surface area contributed by atoms with Crippen molar-refractivity contribution in [1.82, 2.24) is 0 Å². The molecule has 6 nitrogen and oxygen atoms in total. The monoisotopic (exact) mass is 300 g/mol. The Balaban J connectivity index is 3.13. The molecule has 0 aromatic heterocycles. The molecule has 0 bridgehead atoms. The SMILES string of the molecule is CCCCCNc1c(C(=O)OC)cc(Cl)cc1[N+](=O)[O-]. The minimum absolute atomic E-state index is 0.0724. The second-order valence-electron chi connectivity index (χ2n) is 4.23. The summed E-state index contributed by atoms with van der Waals surface area (Å²) in [4.78, 5) is 22.2. The molecule has 7 heteroatoms. The van der Waals surface area contributed by atoms with E-state index in [0.717, 1.165) is 19.3 Å². The molecule has 20 heavy (non-hydrogen) atoms. The van der Waals surface area contributed by atoms with Crippen LogP contribution in [0.15, 0.2) is 12.1 Å². The highest BCUT2D eigenvalue weighted by molar-refractivity contribution is 6.31.